The van der Waals surface area contributed by atoms with E-state index in [1.54, 1.807) is 0 Å². The zero-order valence-electron chi connectivity index (χ0n) is 11.6. The molecule has 1 fully saturated rings. The van der Waals surface area contributed by atoms with E-state index in [2.05, 4.69) is 26.8 Å². The van der Waals surface area contributed by atoms with Crippen LogP contribution in [0.4, 0.5) is 0 Å². The summed E-state index contributed by atoms with van der Waals surface area (Å²) >= 11 is 0. The Hall–Kier alpha value is -1.02. The first-order valence-corrected chi connectivity index (χ1v) is 7.01. The van der Waals surface area contributed by atoms with E-state index in [9.17, 15) is 5.11 Å². The molecule has 0 radical (unpaired) electrons. The van der Waals surface area contributed by atoms with Crippen LogP contribution in [0, 0.1) is 5.92 Å². The van der Waals surface area contributed by atoms with E-state index in [0.29, 0.717) is 11.8 Å². The third kappa shape index (κ3) is 3.05. The van der Waals surface area contributed by atoms with E-state index in [1.165, 1.54) is 5.56 Å². The van der Waals surface area contributed by atoms with Crippen molar-refractivity contribution < 1.29 is 9.84 Å². The summed E-state index contributed by atoms with van der Waals surface area (Å²) in [6.45, 7) is 6.57. The van der Waals surface area contributed by atoms with Crippen LogP contribution in [0.25, 0.3) is 0 Å². The molecule has 1 aliphatic rings. The molecule has 18 heavy (non-hydrogen) atoms. The van der Waals surface area contributed by atoms with Gasteiger partial charge in [0.25, 0.3) is 0 Å². The van der Waals surface area contributed by atoms with Crippen molar-refractivity contribution in [2.75, 3.05) is 0 Å². The van der Waals surface area contributed by atoms with E-state index >= 15 is 0 Å². The number of hydrogen-bond acceptors (Lipinski definition) is 2. The van der Waals surface area contributed by atoms with Crippen molar-refractivity contribution in [3.63, 3.8) is 0 Å². The quantitative estimate of drug-likeness (QED) is 0.883. The van der Waals surface area contributed by atoms with Gasteiger partial charge in [0, 0.05) is 0 Å². The minimum Gasteiger partial charge on any atom is -0.487 e. The molecule has 1 N–H and O–H groups in total. The lowest BCUT2D eigenvalue weighted by atomic mass is 9.86. The first-order valence-electron chi connectivity index (χ1n) is 7.01. The molecule has 1 saturated carbocycles. The number of aliphatic hydroxyl groups is 1. The standard InChI is InChI=1S/C16H24O2/c1-11(2)13-6-4-5-7-15(13)18-16-10-12(3)8-9-14(16)17/h4-7,11-12,14,16-17H,8-10H2,1-3H3. The second-order valence-corrected chi connectivity index (χ2v) is 5.83. The molecule has 1 aliphatic carbocycles. The number of para-hydroxylation sites is 1. The molecule has 3 atom stereocenters. The van der Waals surface area contributed by atoms with Gasteiger partial charge in [-0.2, -0.15) is 0 Å². The molecular weight excluding hydrogens is 224 g/mol. The van der Waals surface area contributed by atoms with Crippen LogP contribution in [0.2, 0.25) is 0 Å². The van der Waals surface area contributed by atoms with Crippen molar-refractivity contribution in [3.05, 3.63) is 29.8 Å². The summed E-state index contributed by atoms with van der Waals surface area (Å²) in [6.07, 6.45) is 2.55. The molecule has 0 saturated heterocycles. The summed E-state index contributed by atoms with van der Waals surface area (Å²) in [6, 6.07) is 8.17. The summed E-state index contributed by atoms with van der Waals surface area (Å²) in [5, 5.41) is 10.1. The Balaban J connectivity index is 2.13. The highest BCUT2D eigenvalue weighted by Gasteiger charge is 2.29. The van der Waals surface area contributed by atoms with Crippen LogP contribution in [0.3, 0.4) is 0 Å². The van der Waals surface area contributed by atoms with Gasteiger partial charge in [0.15, 0.2) is 0 Å². The van der Waals surface area contributed by atoms with Crippen molar-refractivity contribution in [3.8, 4) is 5.75 Å². The monoisotopic (exact) mass is 248 g/mol. The molecule has 0 spiro atoms. The second-order valence-electron chi connectivity index (χ2n) is 5.83. The van der Waals surface area contributed by atoms with Crippen LogP contribution >= 0.6 is 0 Å². The van der Waals surface area contributed by atoms with E-state index in [-0.39, 0.29) is 12.2 Å². The number of rotatable bonds is 3. The predicted octanol–water partition coefficient (Wildman–Crippen LogP) is 3.74. The summed E-state index contributed by atoms with van der Waals surface area (Å²) in [4.78, 5) is 0. The molecule has 2 nitrogen and oxygen atoms in total. The maximum atomic E-state index is 10.1. The Morgan fingerprint density at radius 1 is 1.22 bits per heavy atom. The summed E-state index contributed by atoms with van der Waals surface area (Å²) in [5.74, 6) is 2.02. The number of hydrogen-bond donors (Lipinski definition) is 1. The first kappa shape index (κ1) is 13.4. The number of ether oxygens (including phenoxy) is 1. The highest BCUT2D eigenvalue weighted by atomic mass is 16.5. The lowest BCUT2D eigenvalue weighted by molar-refractivity contribution is -0.00811. The van der Waals surface area contributed by atoms with Gasteiger partial charge in [-0.1, -0.05) is 39.0 Å². The SMILES string of the molecule is CC1CCC(O)C(Oc2ccccc2C(C)C)C1. The molecule has 3 unspecified atom stereocenters. The molecule has 1 aromatic rings. The Morgan fingerprint density at radius 2 is 1.94 bits per heavy atom. The third-order valence-electron chi connectivity index (χ3n) is 3.84. The number of benzene rings is 1. The van der Waals surface area contributed by atoms with Gasteiger partial charge in [-0.15, -0.1) is 0 Å². The van der Waals surface area contributed by atoms with Gasteiger partial charge >= 0.3 is 0 Å². The van der Waals surface area contributed by atoms with E-state index in [4.69, 9.17) is 4.74 Å². The fourth-order valence-corrected chi connectivity index (χ4v) is 2.67. The normalized spacial score (nSPS) is 28.4. The lowest BCUT2D eigenvalue weighted by Crippen LogP contribution is -2.37. The summed E-state index contributed by atoms with van der Waals surface area (Å²) in [7, 11) is 0. The van der Waals surface area contributed by atoms with Crippen LogP contribution in [0.5, 0.6) is 5.75 Å². The predicted molar refractivity (Wildman–Crippen MR) is 74.0 cm³/mol. The molecule has 0 aliphatic heterocycles. The lowest BCUT2D eigenvalue weighted by Gasteiger charge is -2.32. The fourth-order valence-electron chi connectivity index (χ4n) is 2.67. The maximum absolute atomic E-state index is 10.1. The largest absolute Gasteiger partial charge is 0.487 e. The van der Waals surface area contributed by atoms with Gasteiger partial charge in [-0.05, 0) is 42.7 Å². The van der Waals surface area contributed by atoms with Crippen molar-refractivity contribution in [1.82, 2.24) is 0 Å². The molecule has 1 aromatic carbocycles. The molecular formula is C16H24O2. The Bertz CT molecular complexity index is 386. The molecule has 0 aromatic heterocycles. The second kappa shape index (κ2) is 5.75. The van der Waals surface area contributed by atoms with E-state index < -0.39 is 0 Å². The van der Waals surface area contributed by atoms with Gasteiger partial charge in [0.1, 0.15) is 11.9 Å². The van der Waals surface area contributed by atoms with Gasteiger partial charge in [0.05, 0.1) is 6.10 Å². The van der Waals surface area contributed by atoms with Gasteiger partial charge in [-0.25, -0.2) is 0 Å². The third-order valence-corrected chi connectivity index (χ3v) is 3.84. The summed E-state index contributed by atoms with van der Waals surface area (Å²) < 4.78 is 6.08. The molecule has 0 amide bonds. The molecule has 0 bridgehead atoms. The van der Waals surface area contributed by atoms with Crippen molar-refractivity contribution in [2.45, 2.75) is 58.2 Å². The zero-order valence-corrected chi connectivity index (χ0v) is 11.6. The van der Waals surface area contributed by atoms with Crippen LogP contribution in [0.15, 0.2) is 24.3 Å². The fraction of sp³-hybridized carbons (Fsp3) is 0.625. The van der Waals surface area contributed by atoms with Crippen molar-refractivity contribution in [2.24, 2.45) is 5.92 Å². The minimum atomic E-state index is -0.318. The Labute approximate surface area is 110 Å². The topological polar surface area (TPSA) is 29.5 Å². The molecule has 2 rings (SSSR count). The minimum absolute atomic E-state index is 0.0475. The maximum Gasteiger partial charge on any atom is 0.125 e. The Kier molecular flexibility index (Phi) is 4.28. The highest BCUT2D eigenvalue weighted by molar-refractivity contribution is 5.35. The van der Waals surface area contributed by atoms with Crippen LogP contribution < -0.4 is 4.74 Å². The average Bonchev–Trinajstić information content (AvgIpc) is 2.34. The summed E-state index contributed by atoms with van der Waals surface area (Å²) in [5.41, 5.74) is 1.22. The molecule has 0 heterocycles. The van der Waals surface area contributed by atoms with Crippen molar-refractivity contribution >= 4 is 0 Å². The smallest absolute Gasteiger partial charge is 0.125 e. The first-order chi connectivity index (χ1) is 8.58. The van der Waals surface area contributed by atoms with E-state index in [0.717, 1.165) is 25.0 Å². The van der Waals surface area contributed by atoms with Crippen molar-refractivity contribution in [1.29, 1.82) is 0 Å². The molecule has 2 heteroatoms. The number of aliphatic hydroxyl groups excluding tert-OH is 1. The van der Waals surface area contributed by atoms with Crippen LogP contribution in [0.1, 0.15) is 51.5 Å². The Morgan fingerprint density at radius 3 is 2.67 bits per heavy atom. The van der Waals surface area contributed by atoms with Gasteiger partial charge < -0.3 is 9.84 Å². The average molecular weight is 248 g/mol. The van der Waals surface area contributed by atoms with Crippen LogP contribution in [-0.4, -0.2) is 17.3 Å². The van der Waals surface area contributed by atoms with E-state index in [1.807, 2.05) is 18.2 Å². The van der Waals surface area contributed by atoms with Gasteiger partial charge in [-0.3, -0.25) is 0 Å². The zero-order chi connectivity index (χ0) is 13.1. The van der Waals surface area contributed by atoms with Crippen LogP contribution in [-0.2, 0) is 0 Å². The highest BCUT2D eigenvalue weighted by Crippen LogP contribution is 2.31. The van der Waals surface area contributed by atoms with Gasteiger partial charge in [0.2, 0.25) is 0 Å². The molecule has 100 valence electrons.